The first-order valence-electron chi connectivity index (χ1n) is 9.37. The van der Waals surface area contributed by atoms with E-state index in [-0.39, 0.29) is 0 Å². The van der Waals surface area contributed by atoms with Gasteiger partial charge in [0.2, 0.25) is 0 Å². The molecule has 1 aliphatic rings. The average molecular weight is 363 g/mol. The molecule has 0 bridgehead atoms. The maximum atomic E-state index is 6.08. The Balaban J connectivity index is 1.40. The van der Waals surface area contributed by atoms with Gasteiger partial charge in [-0.1, -0.05) is 31.7 Å². The van der Waals surface area contributed by atoms with Crippen molar-refractivity contribution in [3.63, 3.8) is 0 Å². The van der Waals surface area contributed by atoms with Gasteiger partial charge in [0.1, 0.15) is 5.82 Å². The Labute approximate surface area is 159 Å². The lowest BCUT2D eigenvalue weighted by atomic mass is 10.0. The van der Waals surface area contributed by atoms with Crippen molar-refractivity contribution in [1.82, 2.24) is 24.7 Å². The number of aryl methyl sites for hydroxylation is 1. The van der Waals surface area contributed by atoms with Gasteiger partial charge >= 0.3 is 0 Å². The summed E-state index contributed by atoms with van der Waals surface area (Å²) >= 11 is 0. The second-order valence-corrected chi connectivity index (χ2v) is 6.89. The van der Waals surface area contributed by atoms with Crippen molar-refractivity contribution in [2.75, 3.05) is 43.4 Å². The van der Waals surface area contributed by atoms with Gasteiger partial charge < -0.3 is 10.6 Å². The summed E-state index contributed by atoms with van der Waals surface area (Å²) in [7, 11) is 0. The summed E-state index contributed by atoms with van der Waals surface area (Å²) in [5, 5.41) is 13.1. The van der Waals surface area contributed by atoms with Crippen LogP contribution in [0.4, 0.5) is 11.5 Å². The second-order valence-electron chi connectivity index (χ2n) is 6.89. The molecule has 0 atom stereocenters. The minimum atomic E-state index is 0.791. The normalized spacial score (nSPS) is 15.4. The lowest BCUT2D eigenvalue weighted by Gasteiger charge is -2.35. The number of benzene rings is 1. The van der Waals surface area contributed by atoms with E-state index in [1.165, 1.54) is 0 Å². The zero-order valence-electron chi connectivity index (χ0n) is 15.7. The molecule has 1 aliphatic heterocycles. The van der Waals surface area contributed by atoms with E-state index < -0.39 is 0 Å². The Morgan fingerprint density at radius 3 is 2.59 bits per heavy atom. The fraction of sp³-hybridized carbons (Fsp3) is 0.350. The molecular weight excluding hydrogens is 338 g/mol. The summed E-state index contributed by atoms with van der Waals surface area (Å²) in [4.78, 5) is 4.73. The zero-order chi connectivity index (χ0) is 18.8. The molecule has 7 heteroatoms. The zero-order valence-corrected chi connectivity index (χ0v) is 15.7. The third-order valence-corrected chi connectivity index (χ3v) is 5.08. The first-order valence-corrected chi connectivity index (χ1v) is 9.37. The topological polar surface area (TPSA) is 75.6 Å². The molecule has 0 amide bonds. The molecule has 1 fully saturated rings. The van der Waals surface area contributed by atoms with Crippen LogP contribution in [-0.2, 0) is 6.42 Å². The van der Waals surface area contributed by atoms with E-state index in [0.29, 0.717) is 0 Å². The van der Waals surface area contributed by atoms with Gasteiger partial charge in [-0.2, -0.15) is 4.52 Å². The van der Waals surface area contributed by atoms with Crippen LogP contribution in [0.2, 0.25) is 0 Å². The summed E-state index contributed by atoms with van der Waals surface area (Å²) in [5.74, 6) is 1.87. The Kier molecular flexibility index (Phi) is 4.77. The van der Waals surface area contributed by atoms with Crippen LogP contribution in [0, 0.1) is 0 Å². The van der Waals surface area contributed by atoms with E-state index in [2.05, 4.69) is 33.5 Å². The van der Waals surface area contributed by atoms with E-state index in [1.807, 2.05) is 40.9 Å². The Morgan fingerprint density at radius 1 is 1.07 bits per heavy atom. The number of para-hydroxylation sites is 1. The number of nitrogens with zero attached hydrogens (tertiary/aromatic N) is 6. The molecule has 7 nitrogen and oxygen atoms in total. The molecular formula is C20H25N7. The number of hydrogen-bond acceptors (Lipinski definition) is 6. The van der Waals surface area contributed by atoms with E-state index in [0.717, 1.165) is 73.3 Å². The van der Waals surface area contributed by atoms with E-state index >= 15 is 0 Å². The summed E-state index contributed by atoms with van der Waals surface area (Å²) in [6, 6.07) is 11.9. The van der Waals surface area contributed by atoms with Gasteiger partial charge in [-0.15, -0.1) is 15.3 Å². The highest BCUT2D eigenvalue weighted by Gasteiger charge is 2.20. The number of fused-ring (bicyclic) bond motifs is 1. The third-order valence-electron chi connectivity index (χ3n) is 5.08. The van der Waals surface area contributed by atoms with Crippen LogP contribution in [0.3, 0.4) is 0 Å². The van der Waals surface area contributed by atoms with Crippen molar-refractivity contribution in [1.29, 1.82) is 0 Å². The number of rotatable bonds is 5. The molecule has 3 heterocycles. The molecule has 2 aromatic heterocycles. The quantitative estimate of drug-likeness (QED) is 0.700. The number of anilines is 2. The first kappa shape index (κ1) is 17.5. The van der Waals surface area contributed by atoms with Crippen LogP contribution in [0.1, 0.15) is 18.3 Å². The molecule has 0 spiro atoms. The van der Waals surface area contributed by atoms with E-state index in [4.69, 9.17) is 10.8 Å². The maximum Gasteiger partial charge on any atom is 0.178 e. The molecule has 0 unspecified atom stereocenters. The van der Waals surface area contributed by atoms with Crippen molar-refractivity contribution in [2.24, 2.45) is 0 Å². The largest absolute Gasteiger partial charge is 0.398 e. The van der Waals surface area contributed by atoms with Crippen LogP contribution < -0.4 is 10.6 Å². The number of nitrogens with two attached hydrogens (primary N) is 1. The molecule has 1 saturated heterocycles. The number of hydrogen-bond donors (Lipinski definition) is 1. The number of aromatic nitrogens is 4. The minimum absolute atomic E-state index is 0.791. The molecule has 27 heavy (non-hydrogen) atoms. The second kappa shape index (κ2) is 7.36. The molecule has 140 valence electrons. The Hall–Kier alpha value is -2.93. The highest BCUT2D eigenvalue weighted by Crippen LogP contribution is 2.22. The summed E-state index contributed by atoms with van der Waals surface area (Å²) in [6.45, 7) is 10.9. The maximum absolute atomic E-state index is 6.08. The fourth-order valence-electron chi connectivity index (χ4n) is 3.52. The van der Waals surface area contributed by atoms with E-state index in [9.17, 15) is 0 Å². The highest BCUT2D eigenvalue weighted by molar-refractivity contribution is 5.74. The van der Waals surface area contributed by atoms with Crippen LogP contribution in [-0.4, -0.2) is 57.4 Å². The van der Waals surface area contributed by atoms with Crippen molar-refractivity contribution in [3.8, 4) is 0 Å². The van der Waals surface area contributed by atoms with Crippen molar-refractivity contribution in [3.05, 3.63) is 54.4 Å². The molecule has 0 radical (unpaired) electrons. The molecule has 2 N–H and O–H groups in total. The Morgan fingerprint density at radius 2 is 1.85 bits per heavy atom. The van der Waals surface area contributed by atoms with Gasteiger partial charge in [-0.25, -0.2) is 0 Å². The summed E-state index contributed by atoms with van der Waals surface area (Å²) in [6.07, 6.45) is 0.816. The molecule has 1 aromatic carbocycles. The average Bonchev–Trinajstić information content (AvgIpc) is 3.11. The van der Waals surface area contributed by atoms with Gasteiger partial charge in [0.25, 0.3) is 0 Å². The van der Waals surface area contributed by atoms with Gasteiger partial charge in [0, 0.05) is 50.4 Å². The number of piperazine rings is 1. The molecule has 0 saturated carbocycles. The van der Waals surface area contributed by atoms with E-state index in [1.54, 1.807) is 0 Å². The first-order chi connectivity index (χ1) is 13.2. The van der Waals surface area contributed by atoms with Crippen LogP contribution >= 0.6 is 0 Å². The predicted octanol–water partition coefficient (Wildman–Crippen LogP) is 2.10. The number of nitrogen functional groups attached to an aromatic ring is 1. The van der Waals surface area contributed by atoms with Gasteiger partial charge in [0.05, 0.1) is 0 Å². The molecule has 4 rings (SSSR count). The standard InChI is InChI=1S/C20H25N7/c1-3-18-22-23-19-8-9-20(24-27(18)19)26-12-10-25(11-13-26)14-15(2)16-6-4-5-7-17(16)21/h4-9H,2-3,10-14,21H2,1H3. The predicted molar refractivity (Wildman–Crippen MR) is 109 cm³/mol. The molecule has 3 aromatic rings. The van der Waals surface area contributed by atoms with Crippen LogP contribution in [0.5, 0.6) is 0 Å². The van der Waals surface area contributed by atoms with Gasteiger partial charge in [-0.3, -0.25) is 4.90 Å². The summed E-state index contributed by atoms with van der Waals surface area (Å²) < 4.78 is 1.85. The third kappa shape index (κ3) is 3.50. The SMILES string of the molecule is C=C(CN1CCN(c2ccc3nnc(CC)n3n2)CC1)c1ccccc1N. The van der Waals surface area contributed by atoms with Gasteiger partial charge in [0.15, 0.2) is 11.5 Å². The van der Waals surface area contributed by atoms with Gasteiger partial charge in [-0.05, 0) is 23.8 Å². The smallest absolute Gasteiger partial charge is 0.178 e. The van der Waals surface area contributed by atoms with Crippen molar-refractivity contribution in [2.45, 2.75) is 13.3 Å². The van der Waals surface area contributed by atoms with Crippen LogP contribution in [0.25, 0.3) is 11.2 Å². The minimum Gasteiger partial charge on any atom is -0.398 e. The lowest BCUT2D eigenvalue weighted by Crippen LogP contribution is -2.47. The monoisotopic (exact) mass is 363 g/mol. The van der Waals surface area contributed by atoms with Crippen molar-refractivity contribution < 1.29 is 0 Å². The summed E-state index contributed by atoms with van der Waals surface area (Å²) in [5.41, 5.74) is 9.78. The highest BCUT2D eigenvalue weighted by atomic mass is 15.4. The van der Waals surface area contributed by atoms with Crippen LogP contribution in [0.15, 0.2) is 43.0 Å². The lowest BCUT2D eigenvalue weighted by molar-refractivity contribution is 0.287. The Bertz CT molecular complexity index is 954. The van der Waals surface area contributed by atoms with Crippen molar-refractivity contribution >= 4 is 22.7 Å². The molecule has 0 aliphatic carbocycles. The fourth-order valence-corrected chi connectivity index (χ4v) is 3.52.